The molecule has 0 aliphatic heterocycles. The minimum atomic E-state index is -0.415. The molecule has 3 rings (SSSR count). The maximum atomic E-state index is 6.14. The molecule has 0 radical (unpaired) electrons. The Balaban J connectivity index is 2.26. The number of hydrogen-bond donors (Lipinski definition) is 2. The SMILES string of the molecule is Cc1nc(C(C)(C)c2c(N)[nH]c3ccccc23)no1. The molecule has 0 saturated heterocycles. The number of nitrogens with zero attached hydrogens (tertiary/aromatic N) is 2. The second-order valence-electron chi connectivity index (χ2n) is 5.22. The van der Waals surface area contributed by atoms with E-state index in [0.717, 1.165) is 16.5 Å². The van der Waals surface area contributed by atoms with E-state index in [1.54, 1.807) is 6.92 Å². The second-order valence-corrected chi connectivity index (χ2v) is 5.22. The van der Waals surface area contributed by atoms with Crippen LogP contribution in [0.15, 0.2) is 28.8 Å². The first-order valence-corrected chi connectivity index (χ1v) is 6.17. The van der Waals surface area contributed by atoms with E-state index < -0.39 is 5.41 Å². The molecule has 0 unspecified atom stereocenters. The Morgan fingerprint density at radius 2 is 2.00 bits per heavy atom. The highest BCUT2D eigenvalue weighted by atomic mass is 16.5. The predicted octanol–water partition coefficient (Wildman–Crippen LogP) is 2.77. The van der Waals surface area contributed by atoms with E-state index in [-0.39, 0.29) is 0 Å². The zero-order valence-corrected chi connectivity index (χ0v) is 11.2. The lowest BCUT2D eigenvalue weighted by Gasteiger charge is -2.21. The van der Waals surface area contributed by atoms with E-state index in [0.29, 0.717) is 17.5 Å². The number of anilines is 1. The Morgan fingerprint density at radius 3 is 2.68 bits per heavy atom. The number of aromatic amines is 1. The molecule has 0 fully saturated rings. The Bertz CT molecular complexity index is 739. The highest BCUT2D eigenvalue weighted by Gasteiger charge is 2.33. The molecule has 3 aromatic rings. The molecule has 0 aliphatic rings. The summed E-state index contributed by atoms with van der Waals surface area (Å²) in [6.45, 7) is 5.87. The van der Waals surface area contributed by atoms with Crippen LogP contribution in [-0.2, 0) is 5.41 Å². The third-order valence-electron chi connectivity index (χ3n) is 3.45. The molecular weight excluding hydrogens is 240 g/mol. The number of hydrogen-bond acceptors (Lipinski definition) is 4. The van der Waals surface area contributed by atoms with Gasteiger partial charge in [-0.05, 0) is 19.9 Å². The van der Waals surface area contributed by atoms with Crippen LogP contribution in [0.4, 0.5) is 5.82 Å². The molecule has 0 aliphatic carbocycles. The van der Waals surface area contributed by atoms with Crippen LogP contribution < -0.4 is 5.73 Å². The van der Waals surface area contributed by atoms with Crippen LogP contribution in [-0.4, -0.2) is 15.1 Å². The van der Waals surface area contributed by atoms with Gasteiger partial charge in [-0.1, -0.05) is 23.4 Å². The fourth-order valence-electron chi connectivity index (χ4n) is 2.50. The summed E-state index contributed by atoms with van der Waals surface area (Å²) in [5, 5.41) is 5.13. The fourth-order valence-corrected chi connectivity index (χ4v) is 2.50. The second kappa shape index (κ2) is 3.85. The van der Waals surface area contributed by atoms with E-state index in [9.17, 15) is 0 Å². The molecule has 0 saturated carbocycles. The zero-order valence-electron chi connectivity index (χ0n) is 11.2. The third kappa shape index (κ3) is 1.69. The Kier molecular flexibility index (Phi) is 2.38. The number of rotatable bonds is 2. The normalized spacial score (nSPS) is 12.2. The van der Waals surface area contributed by atoms with E-state index in [4.69, 9.17) is 10.3 Å². The number of fused-ring (bicyclic) bond motifs is 1. The molecule has 19 heavy (non-hydrogen) atoms. The van der Waals surface area contributed by atoms with Crippen LogP contribution in [0.3, 0.4) is 0 Å². The van der Waals surface area contributed by atoms with Crippen LogP contribution >= 0.6 is 0 Å². The minimum absolute atomic E-state index is 0.415. The molecule has 0 atom stereocenters. The van der Waals surface area contributed by atoms with Crippen molar-refractivity contribution in [3.05, 3.63) is 41.5 Å². The molecule has 0 bridgehead atoms. The van der Waals surface area contributed by atoms with Gasteiger partial charge in [0, 0.05) is 23.4 Å². The van der Waals surface area contributed by atoms with Gasteiger partial charge in [0.1, 0.15) is 5.82 Å². The van der Waals surface area contributed by atoms with Gasteiger partial charge < -0.3 is 15.2 Å². The summed E-state index contributed by atoms with van der Waals surface area (Å²) in [5.41, 5.74) is 7.75. The van der Waals surface area contributed by atoms with Crippen molar-refractivity contribution in [2.75, 3.05) is 5.73 Å². The molecule has 2 aromatic heterocycles. The smallest absolute Gasteiger partial charge is 0.223 e. The predicted molar refractivity (Wildman–Crippen MR) is 73.9 cm³/mol. The van der Waals surface area contributed by atoms with E-state index in [1.165, 1.54) is 0 Å². The molecule has 5 heteroatoms. The van der Waals surface area contributed by atoms with Crippen molar-refractivity contribution in [3.8, 4) is 0 Å². The molecule has 98 valence electrons. The van der Waals surface area contributed by atoms with E-state index in [1.807, 2.05) is 38.1 Å². The van der Waals surface area contributed by atoms with Gasteiger partial charge in [0.25, 0.3) is 0 Å². The monoisotopic (exact) mass is 256 g/mol. The lowest BCUT2D eigenvalue weighted by molar-refractivity contribution is 0.378. The Labute approximate surface area is 110 Å². The van der Waals surface area contributed by atoms with Crippen LogP contribution in [0.1, 0.15) is 31.1 Å². The van der Waals surface area contributed by atoms with Crippen molar-refractivity contribution in [2.24, 2.45) is 0 Å². The number of nitrogens with one attached hydrogen (secondary N) is 1. The largest absolute Gasteiger partial charge is 0.385 e. The number of nitrogen functional groups attached to an aromatic ring is 1. The van der Waals surface area contributed by atoms with Crippen molar-refractivity contribution in [1.29, 1.82) is 0 Å². The maximum absolute atomic E-state index is 6.14. The molecular formula is C14H16N4O. The molecule has 0 spiro atoms. The minimum Gasteiger partial charge on any atom is -0.385 e. The number of H-pyrrole nitrogens is 1. The first-order valence-electron chi connectivity index (χ1n) is 6.17. The fraction of sp³-hybridized carbons (Fsp3) is 0.286. The molecule has 2 heterocycles. The van der Waals surface area contributed by atoms with Crippen molar-refractivity contribution in [1.82, 2.24) is 15.1 Å². The average molecular weight is 256 g/mol. The Morgan fingerprint density at radius 1 is 1.26 bits per heavy atom. The highest BCUT2D eigenvalue weighted by Crippen LogP contribution is 2.38. The van der Waals surface area contributed by atoms with Crippen molar-refractivity contribution in [2.45, 2.75) is 26.2 Å². The lowest BCUT2D eigenvalue weighted by atomic mass is 9.83. The van der Waals surface area contributed by atoms with Gasteiger partial charge in [0.2, 0.25) is 5.89 Å². The Hall–Kier alpha value is -2.30. The molecule has 0 amide bonds. The maximum Gasteiger partial charge on any atom is 0.223 e. The summed E-state index contributed by atoms with van der Waals surface area (Å²) in [4.78, 5) is 7.54. The van der Waals surface area contributed by atoms with Crippen LogP contribution in [0.25, 0.3) is 10.9 Å². The first-order chi connectivity index (χ1) is 9.00. The van der Waals surface area contributed by atoms with Crippen molar-refractivity contribution in [3.63, 3.8) is 0 Å². The number of aryl methyl sites for hydroxylation is 1. The summed E-state index contributed by atoms with van der Waals surface area (Å²) in [6.07, 6.45) is 0. The van der Waals surface area contributed by atoms with Gasteiger partial charge in [-0.15, -0.1) is 0 Å². The van der Waals surface area contributed by atoms with Gasteiger partial charge in [0.15, 0.2) is 5.82 Å². The lowest BCUT2D eigenvalue weighted by Crippen LogP contribution is -2.22. The topological polar surface area (TPSA) is 80.7 Å². The van der Waals surface area contributed by atoms with Gasteiger partial charge >= 0.3 is 0 Å². The van der Waals surface area contributed by atoms with Gasteiger partial charge in [0.05, 0.1) is 5.41 Å². The molecule has 3 N–H and O–H groups in total. The summed E-state index contributed by atoms with van der Waals surface area (Å²) >= 11 is 0. The molecule has 1 aromatic carbocycles. The van der Waals surface area contributed by atoms with Crippen LogP contribution in [0, 0.1) is 6.92 Å². The average Bonchev–Trinajstić information content (AvgIpc) is 2.92. The van der Waals surface area contributed by atoms with Gasteiger partial charge in [-0.25, -0.2) is 0 Å². The van der Waals surface area contributed by atoms with Gasteiger partial charge in [-0.3, -0.25) is 0 Å². The van der Waals surface area contributed by atoms with Crippen molar-refractivity contribution < 1.29 is 4.52 Å². The summed E-state index contributed by atoms with van der Waals surface area (Å²) in [6, 6.07) is 8.03. The van der Waals surface area contributed by atoms with E-state index in [2.05, 4.69) is 15.1 Å². The highest BCUT2D eigenvalue weighted by molar-refractivity contribution is 5.89. The quantitative estimate of drug-likeness (QED) is 0.738. The van der Waals surface area contributed by atoms with Crippen LogP contribution in [0.2, 0.25) is 0 Å². The number of para-hydroxylation sites is 1. The summed E-state index contributed by atoms with van der Waals surface area (Å²) in [7, 11) is 0. The first kappa shape index (κ1) is 11.8. The van der Waals surface area contributed by atoms with Gasteiger partial charge in [-0.2, -0.15) is 4.98 Å². The summed E-state index contributed by atoms with van der Waals surface area (Å²) < 4.78 is 5.09. The zero-order chi connectivity index (χ0) is 13.6. The van der Waals surface area contributed by atoms with E-state index >= 15 is 0 Å². The summed E-state index contributed by atoms with van der Waals surface area (Å²) in [5.74, 6) is 1.84. The van der Waals surface area contributed by atoms with Crippen LogP contribution in [0.5, 0.6) is 0 Å². The standard InChI is InChI=1S/C14H16N4O/c1-8-16-13(18-19-8)14(2,3)11-9-6-4-5-7-10(9)17-12(11)15/h4-7,17H,15H2,1-3H3. The number of nitrogens with two attached hydrogens (primary N) is 1. The number of benzene rings is 1. The number of aromatic nitrogens is 3. The third-order valence-corrected chi connectivity index (χ3v) is 3.45. The molecule has 5 nitrogen and oxygen atoms in total. The van der Waals surface area contributed by atoms with Crippen molar-refractivity contribution >= 4 is 16.7 Å².